The van der Waals surface area contributed by atoms with Crippen LogP contribution in [0.2, 0.25) is 0 Å². The van der Waals surface area contributed by atoms with Crippen molar-refractivity contribution in [2.75, 3.05) is 32.8 Å². The molecule has 3 aliphatic rings. The molecule has 144 valence electrons. The molecule has 5 nitrogen and oxygen atoms in total. The van der Waals surface area contributed by atoms with Gasteiger partial charge in [-0.2, -0.15) is 5.26 Å². The highest BCUT2D eigenvalue weighted by molar-refractivity contribution is 5.96. The van der Waals surface area contributed by atoms with E-state index < -0.39 is 0 Å². The predicted octanol–water partition coefficient (Wildman–Crippen LogP) is 3.20. The van der Waals surface area contributed by atoms with E-state index in [1.165, 1.54) is 25.7 Å². The molecule has 4 rings (SSSR count). The first-order valence-corrected chi connectivity index (χ1v) is 10.4. The highest BCUT2D eigenvalue weighted by atomic mass is 16.5. The second-order valence-corrected chi connectivity index (χ2v) is 8.21. The number of hydrogen-bond donors (Lipinski definition) is 0. The van der Waals surface area contributed by atoms with Crippen molar-refractivity contribution in [2.24, 2.45) is 0 Å². The summed E-state index contributed by atoms with van der Waals surface area (Å²) in [4.78, 5) is 17.7. The minimum Gasteiger partial charge on any atom is -0.377 e. The summed E-state index contributed by atoms with van der Waals surface area (Å²) in [5.41, 5.74) is 1.25. The Bertz CT molecular complexity index is 723. The Hall–Kier alpha value is -1.90. The van der Waals surface area contributed by atoms with Crippen molar-refractivity contribution in [1.82, 2.24) is 9.80 Å². The fourth-order valence-electron chi connectivity index (χ4n) is 5.20. The van der Waals surface area contributed by atoms with Gasteiger partial charge in [-0.05, 0) is 63.6 Å². The lowest BCUT2D eigenvalue weighted by Gasteiger charge is -2.39. The quantitative estimate of drug-likeness (QED) is 0.823. The van der Waals surface area contributed by atoms with E-state index >= 15 is 0 Å². The first-order chi connectivity index (χ1) is 13.2. The Balaban J connectivity index is 1.45. The smallest absolute Gasteiger partial charge is 0.255 e. The normalized spacial score (nSPS) is 29.0. The number of amides is 1. The molecule has 3 heterocycles. The summed E-state index contributed by atoms with van der Waals surface area (Å²) in [5, 5.41) is 9.32. The predicted molar refractivity (Wildman–Crippen MR) is 103 cm³/mol. The lowest BCUT2D eigenvalue weighted by atomic mass is 9.87. The molecule has 0 bridgehead atoms. The third-order valence-electron chi connectivity index (χ3n) is 6.67. The van der Waals surface area contributed by atoms with Gasteiger partial charge in [0, 0.05) is 31.8 Å². The topological polar surface area (TPSA) is 56.6 Å². The number of likely N-dealkylation sites (tertiary alicyclic amines) is 2. The third-order valence-corrected chi connectivity index (χ3v) is 6.67. The number of rotatable bonds is 3. The average Bonchev–Trinajstić information content (AvgIpc) is 3.29. The van der Waals surface area contributed by atoms with Crippen molar-refractivity contribution >= 4 is 5.91 Å². The fraction of sp³-hybridized carbons (Fsp3) is 0.636. The largest absolute Gasteiger partial charge is 0.377 e. The summed E-state index contributed by atoms with van der Waals surface area (Å²) < 4.78 is 5.89. The third kappa shape index (κ3) is 3.74. The lowest BCUT2D eigenvalue weighted by molar-refractivity contribution is 0.0339. The van der Waals surface area contributed by atoms with Gasteiger partial charge >= 0.3 is 0 Å². The molecule has 1 amide bonds. The van der Waals surface area contributed by atoms with Gasteiger partial charge in [0.1, 0.15) is 0 Å². The van der Waals surface area contributed by atoms with Gasteiger partial charge in [-0.15, -0.1) is 0 Å². The van der Waals surface area contributed by atoms with E-state index in [1.807, 2.05) is 17.0 Å². The SMILES string of the molecule is N#Cc1ccccc1C(=O)N1CCC[C@]2(CCCN2C[C@H]2CCCO2)CC1. The van der Waals surface area contributed by atoms with Crippen LogP contribution in [0, 0.1) is 11.3 Å². The first-order valence-electron chi connectivity index (χ1n) is 10.4. The first kappa shape index (κ1) is 18.5. The minimum absolute atomic E-state index is 0.00729. The van der Waals surface area contributed by atoms with E-state index in [9.17, 15) is 10.1 Å². The molecule has 0 unspecified atom stereocenters. The van der Waals surface area contributed by atoms with Crippen molar-refractivity contribution in [3.05, 3.63) is 35.4 Å². The zero-order valence-electron chi connectivity index (χ0n) is 16.0. The number of benzene rings is 1. The van der Waals surface area contributed by atoms with Crippen LogP contribution < -0.4 is 0 Å². The van der Waals surface area contributed by atoms with Crippen LogP contribution in [0.1, 0.15) is 60.9 Å². The van der Waals surface area contributed by atoms with Crippen LogP contribution in [0.15, 0.2) is 24.3 Å². The van der Waals surface area contributed by atoms with Gasteiger partial charge in [0.2, 0.25) is 0 Å². The van der Waals surface area contributed by atoms with Gasteiger partial charge < -0.3 is 9.64 Å². The maximum Gasteiger partial charge on any atom is 0.255 e. The highest BCUT2D eigenvalue weighted by Crippen LogP contribution is 2.39. The van der Waals surface area contributed by atoms with Crippen molar-refractivity contribution in [1.29, 1.82) is 5.26 Å². The molecule has 5 heteroatoms. The summed E-state index contributed by atoms with van der Waals surface area (Å²) in [7, 11) is 0. The van der Waals surface area contributed by atoms with Gasteiger partial charge in [0.05, 0.1) is 23.3 Å². The number of nitrogens with zero attached hydrogens (tertiary/aromatic N) is 3. The molecule has 1 aromatic carbocycles. The van der Waals surface area contributed by atoms with Crippen molar-refractivity contribution in [3.8, 4) is 6.07 Å². The molecule has 0 N–H and O–H groups in total. The van der Waals surface area contributed by atoms with E-state index in [0.29, 0.717) is 17.2 Å². The molecule has 0 radical (unpaired) electrons. The Morgan fingerprint density at radius 1 is 1.15 bits per heavy atom. The van der Waals surface area contributed by atoms with Crippen LogP contribution >= 0.6 is 0 Å². The van der Waals surface area contributed by atoms with Crippen molar-refractivity contribution in [2.45, 2.75) is 56.6 Å². The Kier molecular flexibility index (Phi) is 5.47. The number of carbonyl (C=O) groups excluding carboxylic acids is 1. The molecule has 0 aliphatic carbocycles. The lowest BCUT2D eigenvalue weighted by Crippen LogP contribution is -2.47. The summed E-state index contributed by atoms with van der Waals surface area (Å²) in [6, 6.07) is 9.32. The zero-order chi connectivity index (χ0) is 18.7. The molecule has 27 heavy (non-hydrogen) atoms. The maximum absolute atomic E-state index is 13.0. The Labute approximate surface area is 161 Å². The standard InChI is InChI=1S/C22H29N3O2/c23-16-18-6-1-2-8-20(18)21(26)24-12-4-9-22(11-14-24)10-5-13-25(22)17-19-7-3-15-27-19/h1-2,6,8,19H,3-5,7,9-15,17H2/t19-,22+/m1/s1. The second-order valence-electron chi connectivity index (χ2n) is 8.21. The molecule has 0 saturated carbocycles. The van der Waals surface area contributed by atoms with Crippen LogP contribution in [0.25, 0.3) is 0 Å². The summed E-state index contributed by atoms with van der Waals surface area (Å²) in [6.07, 6.45) is 8.46. The van der Waals surface area contributed by atoms with Gasteiger partial charge in [-0.3, -0.25) is 9.69 Å². The highest BCUT2D eigenvalue weighted by Gasteiger charge is 2.43. The van der Waals surface area contributed by atoms with E-state index in [-0.39, 0.29) is 11.4 Å². The molecule has 1 spiro atoms. The molecular weight excluding hydrogens is 338 g/mol. The molecule has 1 aromatic rings. The average molecular weight is 367 g/mol. The van der Waals surface area contributed by atoms with Crippen LogP contribution in [-0.4, -0.2) is 60.1 Å². The van der Waals surface area contributed by atoms with E-state index in [0.717, 1.165) is 52.0 Å². The van der Waals surface area contributed by atoms with E-state index in [4.69, 9.17) is 4.74 Å². The molecule has 3 saturated heterocycles. The van der Waals surface area contributed by atoms with Gasteiger partial charge in [0.25, 0.3) is 5.91 Å². The Morgan fingerprint density at radius 3 is 2.74 bits per heavy atom. The van der Waals surface area contributed by atoms with E-state index in [2.05, 4.69) is 11.0 Å². The molecule has 3 aliphatic heterocycles. The number of ether oxygens (including phenoxy) is 1. The van der Waals surface area contributed by atoms with Crippen LogP contribution in [0.5, 0.6) is 0 Å². The number of nitriles is 1. The van der Waals surface area contributed by atoms with E-state index in [1.54, 1.807) is 12.1 Å². The zero-order valence-corrected chi connectivity index (χ0v) is 16.0. The summed E-state index contributed by atoms with van der Waals surface area (Å²) >= 11 is 0. The Morgan fingerprint density at radius 2 is 1.96 bits per heavy atom. The van der Waals surface area contributed by atoms with Crippen LogP contribution in [0.3, 0.4) is 0 Å². The van der Waals surface area contributed by atoms with Gasteiger partial charge in [-0.25, -0.2) is 0 Å². The molecule has 0 aromatic heterocycles. The maximum atomic E-state index is 13.0. The number of hydrogen-bond acceptors (Lipinski definition) is 4. The monoisotopic (exact) mass is 367 g/mol. The van der Waals surface area contributed by atoms with Crippen LogP contribution in [-0.2, 0) is 4.74 Å². The summed E-state index contributed by atoms with van der Waals surface area (Å²) in [5.74, 6) is 0.00729. The minimum atomic E-state index is 0.00729. The van der Waals surface area contributed by atoms with Gasteiger partial charge in [-0.1, -0.05) is 12.1 Å². The van der Waals surface area contributed by atoms with Crippen molar-refractivity contribution in [3.63, 3.8) is 0 Å². The molecular formula is C22H29N3O2. The number of carbonyl (C=O) groups is 1. The molecule has 3 fully saturated rings. The van der Waals surface area contributed by atoms with Crippen molar-refractivity contribution < 1.29 is 9.53 Å². The van der Waals surface area contributed by atoms with Gasteiger partial charge in [0.15, 0.2) is 0 Å². The van der Waals surface area contributed by atoms with Crippen LogP contribution in [0.4, 0.5) is 0 Å². The fourth-order valence-corrected chi connectivity index (χ4v) is 5.20. The summed E-state index contributed by atoms with van der Waals surface area (Å²) in [6.45, 7) is 4.68. The second kappa shape index (κ2) is 8.00. The molecule has 2 atom stereocenters.